The Labute approximate surface area is 338 Å². The van der Waals surface area contributed by atoms with Crippen LogP contribution in [0.25, 0.3) is 0 Å². The minimum Gasteiger partial charge on any atom is -0.450 e. The fourth-order valence-corrected chi connectivity index (χ4v) is 9.11. The van der Waals surface area contributed by atoms with Crippen molar-refractivity contribution in [3.63, 3.8) is 0 Å². The van der Waals surface area contributed by atoms with E-state index in [9.17, 15) is 0 Å². The molecule has 0 fully saturated rings. The van der Waals surface area contributed by atoms with Gasteiger partial charge in [0, 0.05) is 165 Å². The number of hydrogen-bond donors (Lipinski definition) is 0. The Morgan fingerprint density at radius 1 is 0.343 bits per heavy atom. The summed E-state index contributed by atoms with van der Waals surface area (Å²) in [5.41, 5.74) is 11.3. The average Bonchev–Trinajstić information content (AvgIpc) is 2.67. The molecular formula is C18H36O3Pt2Re6Si6. The SMILES string of the molecule is C=C[Si](C)O[Si](C)C=C.C=C[Si](C)O[Si](C)C=C.C=C[Si](C)O[Si](C)C=C.[Pt].[Pt].[Re].[Re].[Re].[Re].[Re].[Re]. The molecule has 0 N–H and O–H groups in total. The zero-order valence-electron chi connectivity index (χ0n) is 20.8. The van der Waals surface area contributed by atoms with E-state index in [1.807, 2.05) is 34.2 Å². The van der Waals surface area contributed by atoms with Gasteiger partial charge in [-0.15, -0.1) is 39.5 Å². The van der Waals surface area contributed by atoms with Gasteiger partial charge in [-0.3, -0.25) is 0 Å². The molecule has 0 amide bonds. The summed E-state index contributed by atoms with van der Waals surface area (Å²) in [6.07, 6.45) is 0. The first-order valence-electron chi connectivity index (χ1n) is 8.41. The summed E-state index contributed by atoms with van der Waals surface area (Å²) in [6, 6.07) is 0. The Bertz CT molecular complexity index is 369. The van der Waals surface area contributed by atoms with Crippen molar-refractivity contribution in [1.29, 1.82) is 0 Å². The molecule has 0 saturated carbocycles. The second kappa shape index (κ2) is 55.0. The van der Waals surface area contributed by atoms with E-state index in [0.717, 1.165) is 0 Å². The van der Waals surface area contributed by atoms with E-state index >= 15 is 0 Å². The van der Waals surface area contributed by atoms with Crippen molar-refractivity contribution in [2.45, 2.75) is 39.3 Å². The van der Waals surface area contributed by atoms with Gasteiger partial charge in [-0.25, -0.2) is 0 Å². The molecule has 0 aromatic rings. The van der Waals surface area contributed by atoms with Crippen LogP contribution in [0.3, 0.4) is 0 Å². The predicted octanol–water partition coefficient (Wildman–Crippen LogP) is 5.07. The van der Waals surface area contributed by atoms with Crippen LogP contribution in [-0.2, 0) is 177 Å². The summed E-state index contributed by atoms with van der Waals surface area (Å²) in [6.45, 7) is 34.4. The van der Waals surface area contributed by atoms with E-state index in [2.05, 4.69) is 78.8 Å². The van der Waals surface area contributed by atoms with E-state index in [-0.39, 0.29) is 165 Å². The van der Waals surface area contributed by atoms with Crippen molar-refractivity contribution in [1.82, 2.24) is 0 Å². The van der Waals surface area contributed by atoms with Crippen molar-refractivity contribution in [3.05, 3.63) is 73.7 Å². The molecule has 17 heteroatoms. The van der Waals surface area contributed by atoms with Gasteiger partial charge in [0.15, 0.2) is 0 Å². The van der Waals surface area contributed by atoms with E-state index in [4.69, 9.17) is 12.3 Å². The quantitative estimate of drug-likeness (QED) is 0.256. The first kappa shape index (κ1) is 72.3. The van der Waals surface area contributed by atoms with Crippen molar-refractivity contribution in [3.8, 4) is 0 Å². The van der Waals surface area contributed by atoms with Crippen LogP contribution in [0, 0.1) is 0 Å². The molecule has 35 heavy (non-hydrogen) atoms. The molecule has 0 aliphatic heterocycles. The van der Waals surface area contributed by atoms with Gasteiger partial charge in [-0.1, -0.05) is 34.2 Å². The third kappa shape index (κ3) is 63.5. The minimum atomic E-state index is -0.702. The first-order chi connectivity index (χ1) is 12.6. The molecule has 0 unspecified atom stereocenters. The molecule has 0 aliphatic carbocycles. The Balaban J connectivity index is -0.0000000246. The van der Waals surface area contributed by atoms with E-state index in [1.54, 1.807) is 0 Å². The summed E-state index contributed by atoms with van der Waals surface area (Å²) in [7, 11) is -4.21. The third-order valence-electron chi connectivity index (χ3n) is 2.69. The molecular weight excluding hydrogens is 1940 g/mol. The van der Waals surface area contributed by atoms with E-state index < -0.39 is 54.2 Å². The van der Waals surface area contributed by atoms with Crippen LogP contribution >= 0.6 is 0 Å². The Kier molecular flexibility index (Phi) is 114. The fraction of sp³-hybridized carbons (Fsp3) is 0.333. The molecule has 0 heterocycles. The summed E-state index contributed by atoms with van der Waals surface area (Å²) in [5, 5.41) is 0. The number of hydrogen-bond acceptors (Lipinski definition) is 3. The first-order valence-corrected chi connectivity index (χ1v) is 20.3. The monoisotopic (exact) mass is 1980 g/mol. The van der Waals surface area contributed by atoms with Crippen molar-refractivity contribution in [2.24, 2.45) is 0 Å². The van der Waals surface area contributed by atoms with Crippen LogP contribution in [0.5, 0.6) is 0 Å². The summed E-state index contributed by atoms with van der Waals surface area (Å²) in [4.78, 5) is 0. The molecule has 0 spiro atoms. The molecule has 3 nitrogen and oxygen atoms in total. The van der Waals surface area contributed by atoms with Gasteiger partial charge in [0.25, 0.3) is 0 Å². The van der Waals surface area contributed by atoms with Crippen LogP contribution < -0.4 is 0 Å². The molecule has 0 aliphatic rings. The summed E-state index contributed by atoms with van der Waals surface area (Å²) < 4.78 is 16.5. The second-order valence-corrected chi connectivity index (χ2v) is 17.4. The summed E-state index contributed by atoms with van der Waals surface area (Å²) >= 11 is 0. The zero-order valence-corrected chi connectivity index (χ0v) is 47.7. The van der Waals surface area contributed by atoms with Gasteiger partial charge in [-0.2, -0.15) is 0 Å². The largest absolute Gasteiger partial charge is 0.450 e. The van der Waals surface area contributed by atoms with Gasteiger partial charge in [0.1, 0.15) is 0 Å². The maximum absolute atomic E-state index is 5.52. The Morgan fingerprint density at radius 3 is 0.486 bits per heavy atom. The predicted molar refractivity (Wildman–Crippen MR) is 134 cm³/mol. The van der Waals surface area contributed by atoms with Crippen molar-refractivity contribution < 1.29 is 177 Å². The smallest absolute Gasteiger partial charge is 0.223 e. The Morgan fingerprint density at radius 2 is 0.429 bits per heavy atom. The molecule has 0 rings (SSSR count). The molecule has 0 aromatic carbocycles. The topological polar surface area (TPSA) is 27.7 Å². The van der Waals surface area contributed by atoms with Gasteiger partial charge in [0.05, 0.1) is 0 Å². The van der Waals surface area contributed by atoms with Gasteiger partial charge in [-0.05, 0) is 39.3 Å². The van der Waals surface area contributed by atoms with E-state index in [1.165, 1.54) is 0 Å². The molecule has 12 radical (unpaired) electrons. The summed E-state index contributed by atoms with van der Waals surface area (Å²) in [5.74, 6) is 0. The maximum atomic E-state index is 5.52. The van der Waals surface area contributed by atoms with Crippen molar-refractivity contribution in [2.75, 3.05) is 0 Å². The molecule has 212 valence electrons. The van der Waals surface area contributed by atoms with Gasteiger partial charge < -0.3 is 12.3 Å². The fourth-order valence-electron chi connectivity index (χ4n) is 1.01. The van der Waals surface area contributed by atoms with Crippen molar-refractivity contribution >= 4 is 54.2 Å². The van der Waals surface area contributed by atoms with Crippen LogP contribution in [0.4, 0.5) is 0 Å². The van der Waals surface area contributed by atoms with Crippen LogP contribution in [0.15, 0.2) is 73.7 Å². The van der Waals surface area contributed by atoms with Crippen LogP contribution in [-0.4, -0.2) is 54.2 Å². The second-order valence-electron chi connectivity index (χ2n) is 5.19. The van der Waals surface area contributed by atoms with Gasteiger partial charge >= 0.3 is 0 Å². The van der Waals surface area contributed by atoms with Crippen LogP contribution in [0.2, 0.25) is 39.3 Å². The third-order valence-corrected chi connectivity index (χ3v) is 13.9. The Hall–Kier alpha value is 4.97. The minimum absolute atomic E-state index is 0. The van der Waals surface area contributed by atoms with Crippen LogP contribution in [0.1, 0.15) is 0 Å². The zero-order chi connectivity index (χ0) is 21.8. The normalized spacial score (nSPS) is 7.89. The number of rotatable bonds is 12. The molecule has 0 saturated heterocycles. The maximum Gasteiger partial charge on any atom is 0.223 e. The molecule has 0 atom stereocenters. The van der Waals surface area contributed by atoms with E-state index in [0.29, 0.717) is 0 Å². The standard InChI is InChI=1S/3C6H12OSi2.2Pt.6Re/c3*1-5-8(3)7-9(4)6-2;;;;;;;;/h3*5-6H,1-2H2,3-4H3;;;;;;;;. The molecule has 0 aromatic heterocycles. The molecule has 0 bridgehead atoms. The average molecular weight is 1980 g/mol. The van der Waals surface area contributed by atoms with Gasteiger partial charge in [0.2, 0.25) is 54.2 Å².